The molecule has 4 aromatic rings. The standard InChI is InChI=1S/C28H21F6NO2/c1-18-4-2-6-24(16-18)36-22-12-8-19(9-13-22)26(27(29,30)31,28(32,33)34)20-10-14-23(15-11-20)37-25-7-3-5-21(35)17-25/h2-17H,35H2,1H3. The number of aryl methyl sites for hydroxylation is 1. The minimum absolute atomic E-state index is 0.0505. The van der Waals surface area contributed by atoms with E-state index < -0.39 is 28.9 Å². The van der Waals surface area contributed by atoms with Crippen LogP contribution in [-0.4, -0.2) is 12.4 Å². The molecule has 0 saturated heterocycles. The fourth-order valence-corrected chi connectivity index (χ4v) is 4.06. The zero-order valence-corrected chi connectivity index (χ0v) is 19.4. The highest BCUT2D eigenvalue weighted by Gasteiger charge is 2.72. The summed E-state index contributed by atoms with van der Waals surface area (Å²) in [5, 5.41) is 0. The Morgan fingerprint density at radius 3 is 1.38 bits per heavy atom. The van der Waals surface area contributed by atoms with E-state index in [9.17, 15) is 26.3 Å². The fourth-order valence-electron chi connectivity index (χ4n) is 4.06. The number of ether oxygens (including phenoxy) is 2. The van der Waals surface area contributed by atoms with Crippen LogP contribution in [-0.2, 0) is 5.41 Å². The van der Waals surface area contributed by atoms with Crippen molar-refractivity contribution in [1.82, 2.24) is 0 Å². The molecule has 0 aliphatic carbocycles. The van der Waals surface area contributed by atoms with Gasteiger partial charge in [0.15, 0.2) is 0 Å². The topological polar surface area (TPSA) is 44.5 Å². The number of rotatable bonds is 6. The molecule has 0 atom stereocenters. The van der Waals surface area contributed by atoms with Gasteiger partial charge in [-0.2, -0.15) is 26.3 Å². The second-order valence-corrected chi connectivity index (χ2v) is 8.39. The van der Waals surface area contributed by atoms with Gasteiger partial charge in [0.1, 0.15) is 23.0 Å². The van der Waals surface area contributed by atoms with Crippen LogP contribution in [0.3, 0.4) is 0 Å². The van der Waals surface area contributed by atoms with E-state index in [4.69, 9.17) is 15.2 Å². The third kappa shape index (κ3) is 5.21. The molecule has 0 spiro atoms. The normalized spacial score (nSPS) is 12.3. The summed E-state index contributed by atoms with van der Waals surface area (Å²) in [6.07, 6.45) is -11.4. The van der Waals surface area contributed by atoms with Gasteiger partial charge in [-0.25, -0.2) is 0 Å². The Morgan fingerprint density at radius 2 is 0.973 bits per heavy atom. The van der Waals surface area contributed by atoms with Crippen molar-refractivity contribution in [1.29, 1.82) is 0 Å². The third-order valence-corrected chi connectivity index (χ3v) is 5.74. The van der Waals surface area contributed by atoms with E-state index in [1.165, 1.54) is 6.07 Å². The van der Waals surface area contributed by atoms with Crippen LogP contribution in [0.4, 0.5) is 32.0 Å². The molecule has 2 N–H and O–H groups in total. The summed E-state index contributed by atoms with van der Waals surface area (Å²) >= 11 is 0. The van der Waals surface area contributed by atoms with Crippen LogP contribution in [0.5, 0.6) is 23.0 Å². The molecule has 0 bridgehead atoms. The van der Waals surface area contributed by atoms with Crippen LogP contribution in [0.2, 0.25) is 0 Å². The molecular weight excluding hydrogens is 496 g/mol. The molecule has 4 aromatic carbocycles. The molecule has 0 unspecified atom stereocenters. The van der Waals surface area contributed by atoms with Crippen molar-refractivity contribution in [2.24, 2.45) is 0 Å². The van der Waals surface area contributed by atoms with Crippen molar-refractivity contribution < 1.29 is 35.8 Å². The number of hydrogen-bond acceptors (Lipinski definition) is 3. The predicted molar refractivity (Wildman–Crippen MR) is 128 cm³/mol. The number of anilines is 1. The number of nitrogens with two attached hydrogens (primary N) is 1. The SMILES string of the molecule is Cc1cccc(Oc2ccc(C(c3ccc(Oc4cccc(N)c4)cc3)(C(F)(F)F)C(F)(F)F)cc2)c1. The van der Waals surface area contributed by atoms with E-state index in [1.807, 2.05) is 13.0 Å². The molecule has 0 saturated carbocycles. The smallest absolute Gasteiger partial charge is 0.411 e. The molecule has 192 valence electrons. The predicted octanol–water partition coefficient (Wildman–Crippen LogP) is 8.57. The first-order valence-corrected chi connectivity index (χ1v) is 11.0. The highest BCUT2D eigenvalue weighted by atomic mass is 19.4. The molecular formula is C28H21F6NO2. The second-order valence-electron chi connectivity index (χ2n) is 8.39. The van der Waals surface area contributed by atoms with Crippen molar-refractivity contribution in [3.63, 3.8) is 0 Å². The summed E-state index contributed by atoms with van der Waals surface area (Å²) in [6, 6.07) is 20.5. The average Bonchev–Trinajstić information content (AvgIpc) is 2.80. The van der Waals surface area contributed by atoms with E-state index in [0.717, 1.165) is 54.1 Å². The second kappa shape index (κ2) is 9.72. The van der Waals surface area contributed by atoms with Crippen LogP contribution < -0.4 is 15.2 Å². The molecule has 37 heavy (non-hydrogen) atoms. The lowest BCUT2D eigenvalue weighted by Gasteiger charge is -2.38. The first-order chi connectivity index (χ1) is 17.4. The van der Waals surface area contributed by atoms with Gasteiger partial charge in [0.05, 0.1) is 0 Å². The highest BCUT2D eigenvalue weighted by molar-refractivity contribution is 5.49. The third-order valence-electron chi connectivity index (χ3n) is 5.74. The first-order valence-electron chi connectivity index (χ1n) is 11.0. The summed E-state index contributed by atoms with van der Waals surface area (Å²) in [4.78, 5) is 0. The van der Waals surface area contributed by atoms with Crippen LogP contribution >= 0.6 is 0 Å². The van der Waals surface area contributed by atoms with Crippen LogP contribution in [0.25, 0.3) is 0 Å². The molecule has 9 heteroatoms. The van der Waals surface area contributed by atoms with Crippen molar-refractivity contribution in [3.05, 3.63) is 114 Å². The van der Waals surface area contributed by atoms with Gasteiger partial charge in [-0.3, -0.25) is 0 Å². The number of halogens is 6. The van der Waals surface area contributed by atoms with Crippen LogP contribution in [0.1, 0.15) is 16.7 Å². The molecule has 3 nitrogen and oxygen atoms in total. The molecule has 0 aliphatic rings. The zero-order valence-electron chi connectivity index (χ0n) is 19.4. The Morgan fingerprint density at radius 1 is 0.541 bits per heavy atom. The van der Waals surface area contributed by atoms with Crippen molar-refractivity contribution in [2.45, 2.75) is 24.7 Å². The quantitative estimate of drug-likeness (QED) is 0.206. The molecule has 0 aromatic heterocycles. The van der Waals surface area contributed by atoms with Crippen LogP contribution in [0, 0.1) is 6.92 Å². The van der Waals surface area contributed by atoms with Gasteiger partial charge in [0, 0.05) is 11.8 Å². The largest absolute Gasteiger partial charge is 0.457 e. The van der Waals surface area contributed by atoms with Crippen molar-refractivity contribution >= 4 is 5.69 Å². The maximum atomic E-state index is 14.4. The lowest BCUT2D eigenvalue weighted by molar-refractivity contribution is -0.288. The molecule has 0 radical (unpaired) electrons. The Hall–Kier alpha value is -4.14. The summed E-state index contributed by atoms with van der Waals surface area (Å²) in [5.74, 6) is 0.837. The summed E-state index contributed by atoms with van der Waals surface area (Å²) in [5.41, 5.74) is 0.669. The van der Waals surface area contributed by atoms with Crippen LogP contribution in [0.15, 0.2) is 97.1 Å². The lowest BCUT2D eigenvalue weighted by atomic mass is 9.73. The van der Waals surface area contributed by atoms with E-state index in [-0.39, 0.29) is 17.2 Å². The average molecular weight is 517 g/mol. The van der Waals surface area contributed by atoms with Gasteiger partial charge in [0.2, 0.25) is 5.41 Å². The van der Waals surface area contributed by atoms with Gasteiger partial charge in [-0.05, 0) is 72.1 Å². The summed E-state index contributed by atoms with van der Waals surface area (Å²) in [7, 11) is 0. The van der Waals surface area contributed by atoms with Crippen molar-refractivity contribution in [2.75, 3.05) is 5.73 Å². The number of nitrogen functional groups attached to an aromatic ring is 1. The minimum atomic E-state index is -5.71. The van der Waals surface area contributed by atoms with Gasteiger partial charge in [0.25, 0.3) is 0 Å². The number of hydrogen-bond donors (Lipinski definition) is 1. The van der Waals surface area contributed by atoms with Gasteiger partial charge < -0.3 is 15.2 Å². The Kier molecular flexibility index (Phi) is 6.82. The fraction of sp³-hybridized carbons (Fsp3) is 0.143. The zero-order chi connectivity index (χ0) is 26.8. The minimum Gasteiger partial charge on any atom is -0.457 e. The number of alkyl halides is 6. The molecule has 0 fully saturated rings. The maximum absolute atomic E-state index is 14.4. The van der Waals surface area contributed by atoms with E-state index in [2.05, 4.69) is 0 Å². The van der Waals surface area contributed by atoms with E-state index in [1.54, 1.807) is 36.4 Å². The number of benzene rings is 4. The summed E-state index contributed by atoms with van der Waals surface area (Å²) < 4.78 is 97.7. The van der Waals surface area contributed by atoms with E-state index >= 15 is 0 Å². The van der Waals surface area contributed by atoms with Gasteiger partial charge in [-0.15, -0.1) is 0 Å². The molecule has 0 heterocycles. The van der Waals surface area contributed by atoms with Gasteiger partial charge in [-0.1, -0.05) is 42.5 Å². The maximum Gasteiger partial charge on any atom is 0.411 e. The Balaban J connectivity index is 1.73. The molecule has 0 aliphatic heterocycles. The lowest BCUT2D eigenvalue weighted by Crippen LogP contribution is -2.54. The van der Waals surface area contributed by atoms with Gasteiger partial charge >= 0.3 is 12.4 Å². The highest BCUT2D eigenvalue weighted by Crippen LogP contribution is 2.56. The summed E-state index contributed by atoms with van der Waals surface area (Å²) in [6.45, 7) is 1.82. The Bertz CT molecular complexity index is 1260. The van der Waals surface area contributed by atoms with E-state index in [0.29, 0.717) is 11.4 Å². The Labute approximate surface area is 209 Å². The monoisotopic (exact) mass is 517 g/mol. The molecule has 4 rings (SSSR count). The molecule has 0 amide bonds. The first kappa shape index (κ1) is 25.9. The van der Waals surface area contributed by atoms with Crippen molar-refractivity contribution in [3.8, 4) is 23.0 Å².